The average Bonchev–Trinajstić information content (AvgIpc) is 2.86. The van der Waals surface area contributed by atoms with Gasteiger partial charge in [0, 0.05) is 30.6 Å². The molecule has 0 unspecified atom stereocenters. The van der Waals surface area contributed by atoms with E-state index < -0.39 is 0 Å². The van der Waals surface area contributed by atoms with E-state index in [0.29, 0.717) is 12.1 Å². The molecule has 1 heterocycles. The summed E-state index contributed by atoms with van der Waals surface area (Å²) in [5.74, 6) is 0.839. The van der Waals surface area contributed by atoms with Crippen LogP contribution in [-0.2, 0) is 0 Å². The zero-order chi connectivity index (χ0) is 13.1. The number of nitrogens with zero attached hydrogens (tertiary/aromatic N) is 1. The number of hydrogen-bond donors (Lipinski definition) is 1. The van der Waals surface area contributed by atoms with Crippen molar-refractivity contribution in [2.75, 3.05) is 14.2 Å². The van der Waals surface area contributed by atoms with Crippen molar-refractivity contribution in [1.82, 2.24) is 4.90 Å². The second kappa shape index (κ2) is 5.71. The van der Waals surface area contributed by atoms with Crippen LogP contribution in [0.2, 0.25) is 0 Å². The molecular weight excluding hydrogens is 248 g/mol. The number of carbonyl (C=O) groups is 1. The molecule has 0 spiro atoms. The fourth-order valence-electron chi connectivity index (χ4n) is 2.37. The smallest absolute Gasteiger partial charge is 0.264 e. The molecule has 1 aliphatic rings. The van der Waals surface area contributed by atoms with Crippen molar-refractivity contribution in [2.45, 2.75) is 37.8 Å². The average molecular weight is 268 g/mol. The van der Waals surface area contributed by atoms with Crippen LogP contribution in [-0.4, -0.2) is 37.0 Å². The molecule has 0 bridgehead atoms. The van der Waals surface area contributed by atoms with Gasteiger partial charge in [0.05, 0.1) is 12.0 Å². The van der Waals surface area contributed by atoms with Crippen LogP contribution < -0.4 is 10.5 Å². The third kappa shape index (κ3) is 2.84. The number of methoxy groups -OCH3 is 1. The number of rotatable bonds is 3. The van der Waals surface area contributed by atoms with Crippen LogP contribution >= 0.6 is 11.3 Å². The molecule has 0 saturated heterocycles. The van der Waals surface area contributed by atoms with Gasteiger partial charge >= 0.3 is 0 Å². The van der Waals surface area contributed by atoms with Crippen molar-refractivity contribution in [3.05, 3.63) is 16.3 Å². The maximum absolute atomic E-state index is 12.3. The Morgan fingerprint density at radius 3 is 2.67 bits per heavy atom. The van der Waals surface area contributed by atoms with Crippen molar-refractivity contribution in [3.8, 4) is 5.75 Å². The first-order chi connectivity index (χ1) is 8.61. The Bertz CT molecular complexity index is 411. The quantitative estimate of drug-likeness (QED) is 0.913. The van der Waals surface area contributed by atoms with E-state index in [0.717, 1.165) is 36.3 Å². The Balaban J connectivity index is 1.99. The molecule has 2 rings (SSSR count). The van der Waals surface area contributed by atoms with Gasteiger partial charge in [0.1, 0.15) is 5.75 Å². The predicted octanol–water partition coefficient (Wildman–Crippen LogP) is 2.10. The number of ether oxygens (including phenoxy) is 1. The first-order valence-electron chi connectivity index (χ1n) is 6.27. The fraction of sp³-hybridized carbons (Fsp3) is 0.615. The highest BCUT2D eigenvalue weighted by Gasteiger charge is 2.26. The summed E-state index contributed by atoms with van der Waals surface area (Å²) in [5, 5.41) is 1.86. The molecule has 2 N–H and O–H groups in total. The van der Waals surface area contributed by atoms with Crippen LogP contribution in [0.5, 0.6) is 5.75 Å². The largest absolute Gasteiger partial charge is 0.496 e. The van der Waals surface area contributed by atoms with E-state index >= 15 is 0 Å². The minimum atomic E-state index is 0.0868. The van der Waals surface area contributed by atoms with E-state index in [1.54, 1.807) is 13.2 Å². The highest BCUT2D eigenvalue weighted by Crippen LogP contribution is 2.26. The first kappa shape index (κ1) is 13.4. The molecule has 4 nitrogen and oxygen atoms in total. The zero-order valence-electron chi connectivity index (χ0n) is 10.9. The van der Waals surface area contributed by atoms with Crippen molar-refractivity contribution < 1.29 is 9.53 Å². The second-order valence-corrected chi connectivity index (χ2v) is 5.75. The third-order valence-electron chi connectivity index (χ3n) is 3.63. The standard InChI is InChI=1S/C13H20N2O2S/c1-15(10-5-3-9(14)4-6-10)13(16)12-7-11(17-2)8-18-12/h7-10H,3-6,14H2,1-2H3. The Morgan fingerprint density at radius 1 is 1.44 bits per heavy atom. The topological polar surface area (TPSA) is 55.6 Å². The van der Waals surface area contributed by atoms with E-state index in [9.17, 15) is 4.79 Å². The van der Waals surface area contributed by atoms with E-state index in [1.165, 1.54) is 11.3 Å². The maximum Gasteiger partial charge on any atom is 0.264 e. The minimum Gasteiger partial charge on any atom is -0.496 e. The van der Waals surface area contributed by atoms with Crippen LogP contribution in [0, 0.1) is 0 Å². The number of hydrogen-bond acceptors (Lipinski definition) is 4. The lowest BCUT2D eigenvalue weighted by Gasteiger charge is -2.33. The lowest BCUT2D eigenvalue weighted by Crippen LogP contribution is -2.41. The van der Waals surface area contributed by atoms with Gasteiger partial charge in [-0.2, -0.15) is 0 Å². The maximum atomic E-state index is 12.3. The molecule has 0 radical (unpaired) electrons. The number of amides is 1. The van der Waals surface area contributed by atoms with Gasteiger partial charge in [0.2, 0.25) is 0 Å². The number of nitrogens with two attached hydrogens (primary N) is 1. The molecule has 100 valence electrons. The molecule has 18 heavy (non-hydrogen) atoms. The molecule has 1 aromatic heterocycles. The summed E-state index contributed by atoms with van der Waals surface area (Å²) in [5.41, 5.74) is 5.89. The summed E-state index contributed by atoms with van der Waals surface area (Å²) < 4.78 is 5.11. The summed E-state index contributed by atoms with van der Waals surface area (Å²) in [6.07, 6.45) is 4.03. The molecule has 1 aromatic rings. The van der Waals surface area contributed by atoms with E-state index in [4.69, 9.17) is 10.5 Å². The van der Waals surface area contributed by atoms with Crippen LogP contribution in [0.1, 0.15) is 35.4 Å². The highest BCUT2D eigenvalue weighted by atomic mass is 32.1. The normalized spacial score (nSPS) is 23.7. The van der Waals surface area contributed by atoms with Gasteiger partial charge in [0.15, 0.2) is 0 Å². The van der Waals surface area contributed by atoms with Crippen molar-refractivity contribution >= 4 is 17.2 Å². The first-order valence-corrected chi connectivity index (χ1v) is 7.15. The van der Waals surface area contributed by atoms with Crippen molar-refractivity contribution in [1.29, 1.82) is 0 Å². The Kier molecular flexibility index (Phi) is 4.24. The van der Waals surface area contributed by atoms with Gasteiger partial charge in [-0.05, 0) is 25.7 Å². The van der Waals surface area contributed by atoms with E-state index in [-0.39, 0.29) is 5.91 Å². The Labute approximate surface area is 112 Å². The monoisotopic (exact) mass is 268 g/mol. The van der Waals surface area contributed by atoms with Gasteiger partial charge in [-0.1, -0.05) is 0 Å². The molecule has 1 aliphatic carbocycles. The van der Waals surface area contributed by atoms with Crippen LogP contribution in [0.15, 0.2) is 11.4 Å². The van der Waals surface area contributed by atoms with Crippen LogP contribution in [0.4, 0.5) is 0 Å². The van der Waals surface area contributed by atoms with Crippen molar-refractivity contribution in [2.24, 2.45) is 5.73 Å². The summed E-state index contributed by atoms with van der Waals surface area (Å²) in [6.45, 7) is 0. The molecule has 0 atom stereocenters. The predicted molar refractivity (Wildman–Crippen MR) is 73.2 cm³/mol. The van der Waals surface area contributed by atoms with Crippen LogP contribution in [0.3, 0.4) is 0 Å². The zero-order valence-corrected chi connectivity index (χ0v) is 11.7. The highest BCUT2D eigenvalue weighted by molar-refractivity contribution is 7.12. The molecule has 0 aliphatic heterocycles. The molecular formula is C13H20N2O2S. The Morgan fingerprint density at radius 2 is 2.11 bits per heavy atom. The lowest BCUT2D eigenvalue weighted by atomic mass is 9.91. The molecule has 1 amide bonds. The van der Waals surface area contributed by atoms with E-state index in [1.807, 2.05) is 17.3 Å². The minimum absolute atomic E-state index is 0.0868. The molecule has 1 fully saturated rings. The van der Waals surface area contributed by atoms with Gasteiger partial charge < -0.3 is 15.4 Å². The molecule has 1 saturated carbocycles. The lowest BCUT2D eigenvalue weighted by molar-refractivity contribution is 0.0694. The molecule has 0 aromatic carbocycles. The Hall–Kier alpha value is -1.07. The number of thiophene rings is 1. The van der Waals surface area contributed by atoms with Crippen LogP contribution in [0.25, 0.3) is 0 Å². The summed E-state index contributed by atoms with van der Waals surface area (Å²) in [7, 11) is 3.50. The summed E-state index contributed by atoms with van der Waals surface area (Å²) in [6, 6.07) is 2.44. The fourth-order valence-corrected chi connectivity index (χ4v) is 3.20. The van der Waals surface area contributed by atoms with Gasteiger partial charge in [-0.3, -0.25) is 4.79 Å². The van der Waals surface area contributed by atoms with E-state index in [2.05, 4.69) is 0 Å². The third-order valence-corrected chi connectivity index (χ3v) is 4.53. The summed E-state index contributed by atoms with van der Waals surface area (Å²) >= 11 is 1.43. The van der Waals surface area contributed by atoms with Gasteiger partial charge in [-0.25, -0.2) is 0 Å². The van der Waals surface area contributed by atoms with Gasteiger partial charge in [0.25, 0.3) is 5.91 Å². The summed E-state index contributed by atoms with van der Waals surface area (Å²) in [4.78, 5) is 14.9. The molecule has 5 heteroatoms. The second-order valence-electron chi connectivity index (χ2n) is 4.84. The SMILES string of the molecule is COc1csc(C(=O)N(C)C2CCC(N)CC2)c1. The van der Waals surface area contributed by atoms with Crippen molar-refractivity contribution in [3.63, 3.8) is 0 Å². The van der Waals surface area contributed by atoms with Gasteiger partial charge in [-0.15, -0.1) is 11.3 Å². The number of carbonyl (C=O) groups excluding carboxylic acids is 1.